The van der Waals surface area contributed by atoms with Gasteiger partial charge in [-0.05, 0) is 55.3 Å². The van der Waals surface area contributed by atoms with Crippen LogP contribution in [-0.2, 0) is 6.42 Å². The summed E-state index contributed by atoms with van der Waals surface area (Å²) in [6, 6.07) is 7.71. The first-order chi connectivity index (χ1) is 9.15. The second-order valence-corrected chi connectivity index (χ2v) is 6.31. The third-order valence-electron chi connectivity index (χ3n) is 3.64. The summed E-state index contributed by atoms with van der Waals surface area (Å²) in [7, 11) is 0. The third-order valence-corrected chi connectivity index (χ3v) is 4.75. The van der Waals surface area contributed by atoms with Crippen molar-refractivity contribution in [3.05, 3.63) is 45.1 Å². The molecule has 0 saturated carbocycles. The zero-order valence-corrected chi connectivity index (χ0v) is 13.7. The Morgan fingerprint density at radius 3 is 2.65 bits per heavy atom. The molecule has 1 aromatic carbocycles. The second-order valence-electron chi connectivity index (χ2n) is 4.99. The van der Waals surface area contributed by atoms with E-state index in [0.717, 1.165) is 30.6 Å². The van der Waals surface area contributed by atoms with Crippen molar-refractivity contribution in [2.75, 3.05) is 13.1 Å². The molecule has 0 fully saturated rings. The summed E-state index contributed by atoms with van der Waals surface area (Å²) in [6.07, 6.45) is 0.879. The number of rotatable bonds is 1. The zero-order valence-electron chi connectivity index (χ0n) is 11.2. The molecular formula is C15H18BrNO2S. The van der Waals surface area contributed by atoms with Crippen molar-refractivity contribution in [3.8, 4) is 11.5 Å². The molecule has 5 heteroatoms. The van der Waals surface area contributed by atoms with Gasteiger partial charge in [0, 0.05) is 22.2 Å². The number of benzene rings is 1. The molecule has 1 aromatic heterocycles. The predicted molar refractivity (Wildman–Crippen MR) is 87.6 cm³/mol. The van der Waals surface area contributed by atoms with Crippen LogP contribution in [0.3, 0.4) is 0 Å². The van der Waals surface area contributed by atoms with Crippen LogP contribution in [0.15, 0.2) is 24.3 Å². The molecule has 3 rings (SSSR count). The van der Waals surface area contributed by atoms with E-state index in [9.17, 15) is 10.2 Å². The van der Waals surface area contributed by atoms with Gasteiger partial charge in [-0.2, -0.15) is 0 Å². The molecule has 0 amide bonds. The van der Waals surface area contributed by atoms with Gasteiger partial charge in [0.05, 0.1) is 0 Å². The topological polar surface area (TPSA) is 52.5 Å². The molecule has 1 aliphatic heterocycles. The number of aromatic hydroxyl groups is 2. The lowest BCUT2D eigenvalue weighted by Crippen LogP contribution is -2.20. The van der Waals surface area contributed by atoms with Gasteiger partial charge in [0.1, 0.15) is 0 Å². The normalized spacial score (nSPS) is 17.9. The minimum absolute atomic E-state index is 0. The van der Waals surface area contributed by atoms with E-state index in [2.05, 4.69) is 24.4 Å². The van der Waals surface area contributed by atoms with Gasteiger partial charge >= 0.3 is 0 Å². The number of fused-ring (bicyclic) bond motifs is 1. The van der Waals surface area contributed by atoms with Crippen molar-refractivity contribution in [1.29, 1.82) is 0 Å². The van der Waals surface area contributed by atoms with Crippen molar-refractivity contribution in [2.24, 2.45) is 0 Å². The minimum Gasteiger partial charge on any atom is -0.504 e. The molecule has 0 spiro atoms. The Hall–Kier alpha value is -1.04. The Labute approximate surface area is 133 Å². The molecule has 3 nitrogen and oxygen atoms in total. The van der Waals surface area contributed by atoms with Crippen LogP contribution in [0.4, 0.5) is 0 Å². The van der Waals surface area contributed by atoms with Crippen molar-refractivity contribution < 1.29 is 10.2 Å². The number of hydrogen-bond donors (Lipinski definition) is 3. The number of nitrogens with one attached hydrogen (secondary N) is 1. The molecule has 0 saturated heterocycles. The molecular weight excluding hydrogens is 338 g/mol. The van der Waals surface area contributed by atoms with Crippen molar-refractivity contribution >= 4 is 28.3 Å². The van der Waals surface area contributed by atoms with Crippen LogP contribution in [0.5, 0.6) is 11.5 Å². The van der Waals surface area contributed by atoms with E-state index in [1.807, 2.05) is 0 Å². The van der Waals surface area contributed by atoms with E-state index in [1.54, 1.807) is 23.5 Å². The van der Waals surface area contributed by atoms with Crippen LogP contribution in [0.2, 0.25) is 0 Å². The van der Waals surface area contributed by atoms with Gasteiger partial charge < -0.3 is 15.5 Å². The number of phenolic OH excluding ortho intramolecular Hbond substituents is 2. The van der Waals surface area contributed by atoms with Gasteiger partial charge in [-0.3, -0.25) is 0 Å². The molecule has 1 atom stereocenters. The fourth-order valence-corrected chi connectivity index (χ4v) is 3.65. The van der Waals surface area contributed by atoms with E-state index in [-0.39, 0.29) is 34.4 Å². The van der Waals surface area contributed by atoms with Crippen LogP contribution in [0, 0.1) is 6.92 Å². The average molecular weight is 356 g/mol. The number of phenols is 2. The van der Waals surface area contributed by atoms with E-state index < -0.39 is 0 Å². The number of hydrogen-bond acceptors (Lipinski definition) is 4. The largest absolute Gasteiger partial charge is 0.504 e. The van der Waals surface area contributed by atoms with Gasteiger partial charge in [0.2, 0.25) is 0 Å². The van der Waals surface area contributed by atoms with Crippen molar-refractivity contribution in [2.45, 2.75) is 19.3 Å². The molecule has 108 valence electrons. The van der Waals surface area contributed by atoms with Gasteiger partial charge in [-0.1, -0.05) is 0 Å². The number of halogens is 1. The molecule has 20 heavy (non-hydrogen) atoms. The predicted octanol–water partition coefficient (Wildman–Crippen LogP) is 3.32. The molecule has 3 N–H and O–H groups in total. The van der Waals surface area contributed by atoms with E-state index in [0.29, 0.717) is 0 Å². The quantitative estimate of drug-likeness (QED) is 0.687. The number of thiophene rings is 1. The van der Waals surface area contributed by atoms with Crippen molar-refractivity contribution in [1.82, 2.24) is 5.32 Å². The van der Waals surface area contributed by atoms with Crippen LogP contribution in [-0.4, -0.2) is 23.3 Å². The Morgan fingerprint density at radius 2 is 1.95 bits per heavy atom. The van der Waals surface area contributed by atoms with Crippen LogP contribution < -0.4 is 5.32 Å². The monoisotopic (exact) mass is 355 g/mol. The van der Waals surface area contributed by atoms with Gasteiger partial charge in [0.25, 0.3) is 0 Å². The summed E-state index contributed by atoms with van der Waals surface area (Å²) in [6.45, 7) is 3.88. The second kappa shape index (κ2) is 6.16. The molecule has 0 bridgehead atoms. The highest BCUT2D eigenvalue weighted by Gasteiger charge is 2.23. The molecule has 0 radical (unpaired) electrons. The number of aryl methyl sites for hydroxylation is 1. The Bertz CT molecular complexity index is 612. The van der Waals surface area contributed by atoms with Crippen molar-refractivity contribution in [3.63, 3.8) is 0 Å². The van der Waals surface area contributed by atoms with E-state index in [1.165, 1.54) is 9.75 Å². The lowest BCUT2D eigenvalue weighted by Gasteiger charge is -2.17. The summed E-state index contributed by atoms with van der Waals surface area (Å²) in [5.74, 6) is 0.198. The fourth-order valence-electron chi connectivity index (χ4n) is 2.65. The van der Waals surface area contributed by atoms with E-state index in [4.69, 9.17) is 0 Å². The first kappa shape index (κ1) is 15.4. The minimum atomic E-state index is -0.0288. The maximum Gasteiger partial charge on any atom is 0.157 e. The summed E-state index contributed by atoms with van der Waals surface area (Å²) >= 11 is 1.79. The summed E-state index contributed by atoms with van der Waals surface area (Å²) in [4.78, 5) is 2.60. The SMILES string of the molecule is Br.Cc1ccc(C2CNCCc3cc(O)c(O)cc32)s1. The highest BCUT2D eigenvalue weighted by Crippen LogP contribution is 2.38. The molecule has 0 aliphatic carbocycles. The zero-order chi connectivity index (χ0) is 13.4. The lowest BCUT2D eigenvalue weighted by atomic mass is 9.92. The first-order valence-corrected chi connectivity index (χ1v) is 7.28. The lowest BCUT2D eigenvalue weighted by molar-refractivity contribution is 0.402. The first-order valence-electron chi connectivity index (χ1n) is 6.47. The molecule has 1 aliphatic rings. The van der Waals surface area contributed by atoms with Crippen LogP contribution >= 0.6 is 28.3 Å². The van der Waals surface area contributed by atoms with Gasteiger partial charge in [0.15, 0.2) is 11.5 Å². The standard InChI is InChI=1S/C15H17NO2S.BrH/c1-9-2-3-15(19-9)12-8-16-5-4-10-6-13(17)14(18)7-11(10)12;/h2-3,6-7,12,16-18H,4-5,8H2,1H3;1H. The Balaban J connectivity index is 0.00000147. The highest BCUT2D eigenvalue weighted by atomic mass is 79.9. The Morgan fingerprint density at radius 1 is 1.20 bits per heavy atom. The smallest absolute Gasteiger partial charge is 0.157 e. The van der Waals surface area contributed by atoms with E-state index >= 15 is 0 Å². The molecule has 2 aromatic rings. The third kappa shape index (κ3) is 2.85. The maximum absolute atomic E-state index is 9.77. The van der Waals surface area contributed by atoms with Crippen LogP contribution in [0.1, 0.15) is 26.8 Å². The van der Waals surface area contributed by atoms with Gasteiger partial charge in [-0.25, -0.2) is 0 Å². The van der Waals surface area contributed by atoms with Gasteiger partial charge in [-0.15, -0.1) is 28.3 Å². The summed E-state index contributed by atoms with van der Waals surface area (Å²) in [5.41, 5.74) is 2.25. The van der Waals surface area contributed by atoms with Crippen LogP contribution in [0.25, 0.3) is 0 Å². The molecule has 2 heterocycles. The maximum atomic E-state index is 9.77. The molecule has 1 unspecified atom stereocenters. The summed E-state index contributed by atoms with van der Waals surface area (Å²) < 4.78 is 0. The summed E-state index contributed by atoms with van der Waals surface area (Å²) in [5, 5.41) is 22.9. The highest BCUT2D eigenvalue weighted by molar-refractivity contribution is 8.93. The average Bonchev–Trinajstić information content (AvgIpc) is 2.70. The Kier molecular flexibility index (Phi) is 4.73. The fraction of sp³-hybridized carbons (Fsp3) is 0.333.